The van der Waals surface area contributed by atoms with Crippen LogP contribution in [0.2, 0.25) is 0 Å². The highest BCUT2D eigenvalue weighted by atomic mass is 32.2. The Kier molecular flexibility index (Phi) is 3.51. The van der Waals surface area contributed by atoms with Crippen molar-refractivity contribution >= 4 is 22.9 Å². The highest BCUT2D eigenvalue weighted by molar-refractivity contribution is 7.99. The molecule has 0 aliphatic heterocycles. The van der Waals surface area contributed by atoms with E-state index in [0.29, 0.717) is 0 Å². The van der Waals surface area contributed by atoms with Crippen molar-refractivity contribution in [3.63, 3.8) is 0 Å². The number of hydrogen-bond donors (Lipinski definition) is 0. The molecule has 0 bridgehead atoms. The molecule has 0 spiro atoms. The minimum atomic E-state index is -0.222. The van der Waals surface area contributed by atoms with Gasteiger partial charge in [-0.25, -0.2) is 9.78 Å². The summed E-state index contributed by atoms with van der Waals surface area (Å²) >= 11 is 1.61. The van der Waals surface area contributed by atoms with Gasteiger partial charge in [0.1, 0.15) is 16.2 Å². The monoisotopic (exact) mass is 252 g/mol. The molecule has 92 valence electrons. The van der Waals surface area contributed by atoms with Crippen LogP contribution in [-0.4, -0.2) is 24.9 Å². The SMILES string of the molecule is CCCCSc1nc(=O)n(C)c2c1ncn2C. The van der Waals surface area contributed by atoms with E-state index in [1.165, 1.54) is 4.57 Å². The molecule has 17 heavy (non-hydrogen) atoms. The standard InChI is InChI=1S/C11H16N4OS/c1-4-5-6-17-9-8-10(14(2)7-12-8)15(3)11(16)13-9/h7H,4-6H2,1-3H3. The Morgan fingerprint density at radius 1 is 1.41 bits per heavy atom. The molecule has 0 aliphatic rings. The van der Waals surface area contributed by atoms with Crippen LogP contribution < -0.4 is 5.69 Å². The Labute approximate surface area is 104 Å². The summed E-state index contributed by atoms with van der Waals surface area (Å²) in [4.78, 5) is 20.1. The van der Waals surface area contributed by atoms with Crippen molar-refractivity contribution in [3.8, 4) is 0 Å². The largest absolute Gasteiger partial charge is 0.350 e. The van der Waals surface area contributed by atoms with E-state index in [1.807, 2.05) is 11.6 Å². The Balaban J connectivity index is 2.49. The molecule has 0 N–H and O–H groups in total. The lowest BCUT2D eigenvalue weighted by atomic mass is 10.4. The summed E-state index contributed by atoms with van der Waals surface area (Å²) in [7, 11) is 3.61. The first-order valence-corrected chi connectivity index (χ1v) is 6.64. The van der Waals surface area contributed by atoms with Crippen LogP contribution in [0.25, 0.3) is 11.2 Å². The quantitative estimate of drug-likeness (QED) is 0.471. The number of aromatic nitrogens is 4. The van der Waals surface area contributed by atoms with Crippen LogP contribution in [0.5, 0.6) is 0 Å². The summed E-state index contributed by atoms with van der Waals surface area (Å²) in [6.07, 6.45) is 3.98. The van der Waals surface area contributed by atoms with Gasteiger partial charge in [-0.05, 0) is 12.2 Å². The molecule has 0 atom stereocenters. The highest BCUT2D eigenvalue weighted by Crippen LogP contribution is 2.23. The molecule has 0 radical (unpaired) electrons. The second-order valence-electron chi connectivity index (χ2n) is 3.99. The summed E-state index contributed by atoms with van der Waals surface area (Å²) in [6.45, 7) is 2.15. The average Bonchev–Trinajstić information content (AvgIpc) is 2.68. The predicted octanol–water partition coefficient (Wildman–Crippen LogP) is 1.56. The molecule has 0 saturated heterocycles. The van der Waals surface area contributed by atoms with E-state index < -0.39 is 0 Å². The topological polar surface area (TPSA) is 52.7 Å². The maximum absolute atomic E-state index is 11.7. The molecule has 0 amide bonds. The van der Waals surface area contributed by atoms with Gasteiger partial charge in [0, 0.05) is 14.1 Å². The maximum Gasteiger partial charge on any atom is 0.350 e. The molecule has 0 saturated carbocycles. The van der Waals surface area contributed by atoms with E-state index >= 15 is 0 Å². The van der Waals surface area contributed by atoms with Crippen molar-refractivity contribution in [2.45, 2.75) is 24.8 Å². The summed E-state index contributed by atoms with van der Waals surface area (Å²) in [6, 6.07) is 0. The zero-order valence-corrected chi connectivity index (χ0v) is 11.1. The number of rotatable bonds is 4. The van der Waals surface area contributed by atoms with Gasteiger partial charge in [0.2, 0.25) is 0 Å². The van der Waals surface area contributed by atoms with Crippen LogP contribution in [0.1, 0.15) is 19.8 Å². The first kappa shape index (κ1) is 12.2. The highest BCUT2D eigenvalue weighted by Gasteiger charge is 2.12. The summed E-state index contributed by atoms with van der Waals surface area (Å²) in [5, 5.41) is 0.747. The molecule has 2 heterocycles. The Bertz CT molecular complexity index is 587. The third-order valence-corrected chi connectivity index (χ3v) is 3.70. The second-order valence-corrected chi connectivity index (χ2v) is 5.07. The molecule has 5 nitrogen and oxygen atoms in total. The molecule has 0 aromatic carbocycles. The lowest BCUT2D eigenvalue weighted by molar-refractivity contribution is 0.783. The van der Waals surface area contributed by atoms with Crippen molar-refractivity contribution in [1.82, 2.24) is 19.1 Å². The first-order valence-electron chi connectivity index (χ1n) is 5.66. The second kappa shape index (κ2) is 4.91. The third kappa shape index (κ3) is 2.22. The van der Waals surface area contributed by atoms with E-state index in [4.69, 9.17) is 0 Å². The van der Waals surface area contributed by atoms with Crippen molar-refractivity contribution in [1.29, 1.82) is 0 Å². The van der Waals surface area contributed by atoms with Crippen molar-refractivity contribution in [2.75, 3.05) is 5.75 Å². The van der Waals surface area contributed by atoms with E-state index in [1.54, 1.807) is 25.1 Å². The van der Waals surface area contributed by atoms with E-state index in [0.717, 1.165) is 34.8 Å². The van der Waals surface area contributed by atoms with Gasteiger partial charge in [-0.3, -0.25) is 4.57 Å². The Hall–Kier alpha value is -1.30. The number of imidazole rings is 1. The lowest BCUT2D eigenvalue weighted by Crippen LogP contribution is -2.22. The molecular formula is C11H16N4OS. The Morgan fingerprint density at radius 2 is 2.18 bits per heavy atom. The normalized spacial score (nSPS) is 11.2. The zero-order valence-electron chi connectivity index (χ0n) is 10.3. The van der Waals surface area contributed by atoms with E-state index in [-0.39, 0.29) is 5.69 Å². The molecule has 2 aromatic rings. The van der Waals surface area contributed by atoms with Crippen LogP contribution in [0, 0.1) is 0 Å². The maximum atomic E-state index is 11.7. The fourth-order valence-electron chi connectivity index (χ4n) is 1.69. The van der Waals surface area contributed by atoms with Crippen molar-refractivity contribution < 1.29 is 0 Å². The van der Waals surface area contributed by atoms with Crippen LogP contribution in [0.4, 0.5) is 0 Å². The predicted molar refractivity (Wildman–Crippen MR) is 69.4 cm³/mol. The minimum Gasteiger partial charge on any atom is -0.320 e. The zero-order chi connectivity index (χ0) is 12.4. The minimum absolute atomic E-state index is 0.222. The van der Waals surface area contributed by atoms with Gasteiger partial charge in [0.25, 0.3) is 0 Å². The van der Waals surface area contributed by atoms with E-state index in [9.17, 15) is 4.79 Å². The van der Waals surface area contributed by atoms with Gasteiger partial charge in [0.05, 0.1) is 6.33 Å². The van der Waals surface area contributed by atoms with Gasteiger partial charge in [-0.15, -0.1) is 11.8 Å². The first-order chi connectivity index (χ1) is 8.15. The average molecular weight is 252 g/mol. The van der Waals surface area contributed by atoms with Crippen LogP contribution in [0.3, 0.4) is 0 Å². The fraction of sp³-hybridized carbons (Fsp3) is 0.545. The van der Waals surface area contributed by atoms with Gasteiger partial charge in [0.15, 0.2) is 0 Å². The smallest absolute Gasteiger partial charge is 0.320 e. The molecule has 6 heteroatoms. The fourth-order valence-corrected chi connectivity index (χ4v) is 2.74. The molecule has 0 unspecified atom stereocenters. The summed E-state index contributed by atoms with van der Waals surface area (Å²) in [5.41, 5.74) is 1.42. The Morgan fingerprint density at radius 3 is 2.88 bits per heavy atom. The van der Waals surface area contributed by atoms with Crippen molar-refractivity contribution in [3.05, 3.63) is 16.8 Å². The molecule has 2 aromatic heterocycles. The number of unbranched alkanes of at least 4 members (excludes halogenated alkanes) is 1. The van der Waals surface area contributed by atoms with Gasteiger partial charge >= 0.3 is 5.69 Å². The van der Waals surface area contributed by atoms with E-state index in [2.05, 4.69) is 16.9 Å². The van der Waals surface area contributed by atoms with Gasteiger partial charge in [-0.1, -0.05) is 13.3 Å². The molecule has 0 aliphatic carbocycles. The molecular weight excluding hydrogens is 236 g/mol. The third-order valence-electron chi connectivity index (χ3n) is 2.65. The van der Waals surface area contributed by atoms with Gasteiger partial charge < -0.3 is 4.57 Å². The number of fused-ring (bicyclic) bond motifs is 1. The van der Waals surface area contributed by atoms with Crippen LogP contribution in [-0.2, 0) is 14.1 Å². The number of nitrogens with zero attached hydrogens (tertiary/aromatic N) is 4. The van der Waals surface area contributed by atoms with Crippen molar-refractivity contribution in [2.24, 2.45) is 14.1 Å². The van der Waals surface area contributed by atoms with Crippen LogP contribution in [0.15, 0.2) is 16.1 Å². The van der Waals surface area contributed by atoms with Crippen LogP contribution >= 0.6 is 11.8 Å². The number of hydrogen-bond acceptors (Lipinski definition) is 4. The number of thioether (sulfide) groups is 1. The summed E-state index contributed by atoms with van der Waals surface area (Å²) in [5.74, 6) is 0.975. The van der Waals surface area contributed by atoms with Gasteiger partial charge in [-0.2, -0.15) is 4.98 Å². The molecule has 2 rings (SSSR count). The summed E-state index contributed by atoms with van der Waals surface area (Å²) < 4.78 is 3.38. The lowest BCUT2D eigenvalue weighted by Gasteiger charge is -2.05. The number of aryl methyl sites for hydroxylation is 2. The molecule has 0 fully saturated rings.